The number of hydrogen-bond donors (Lipinski definition) is 1. The van der Waals surface area contributed by atoms with E-state index in [4.69, 9.17) is 15.2 Å². The molecule has 0 radical (unpaired) electrons. The Morgan fingerprint density at radius 3 is 2.62 bits per heavy atom. The molecule has 1 heterocycles. The molecule has 2 N–H and O–H groups in total. The largest absolute Gasteiger partial charge is 0.493 e. The van der Waals surface area contributed by atoms with Crippen LogP contribution in [0.25, 0.3) is 10.9 Å². The number of rotatable bonds is 4. The van der Waals surface area contributed by atoms with Crippen LogP contribution in [-0.2, 0) is 6.61 Å². The molecule has 0 aliphatic rings. The van der Waals surface area contributed by atoms with E-state index in [1.807, 2.05) is 48.5 Å². The lowest BCUT2D eigenvalue weighted by atomic mass is 10.1. The second-order valence-electron chi connectivity index (χ2n) is 4.65. The Morgan fingerprint density at radius 2 is 1.81 bits per heavy atom. The lowest BCUT2D eigenvalue weighted by molar-refractivity contribution is 0.285. The number of hydrogen-bond acceptors (Lipinski definition) is 4. The van der Waals surface area contributed by atoms with Crippen LogP contribution >= 0.6 is 0 Å². The first-order valence-corrected chi connectivity index (χ1v) is 6.67. The van der Waals surface area contributed by atoms with Crippen molar-refractivity contribution >= 4 is 16.6 Å². The molecule has 0 bridgehead atoms. The van der Waals surface area contributed by atoms with Gasteiger partial charge in [0.2, 0.25) is 0 Å². The monoisotopic (exact) mass is 280 g/mol. The normalized spacial score (nSPS) is 10.5. The molecule has 0 spiro atoms. The average molecular weight is 280 g/mol. The van der Waals surface area contributed by atoms with Gasteiger partial charge in [-0.15, -0.1) is 0 Å². The highest BCUT2D eigenvalue weighted by Gasteiger charge is 2.08. The second-order valence-corrected chi connectivity index (χ2v) is 4.65. The summed E-state index contributed by atoms with van der Waals surface area (Å²) in [4.78, 5) is 4.41. The van der Waals surface area contributed by atoms with Crippen LogP contribution in [0.15, 0.2) is 54.7 Å². The van der Waals surface area contributed by atoms with Crippen LogP contribution in [0.3, 0.4) is 0 Å². The van der Waals surface area contributed by atoms with Gasteiger partial charge in [0.05, 0.1) is 12.6 Å². The van der Waals surface area contributed by atoms with Gasteiger partial charge in [-0.3, -0.25) is 4.98 Å². The highest BCUT2D eigenvalue weighted by molar-refractivity contribution is 5.92. The van der Waals surface area contributed by atoms with Gasteiger partial charge in [-0.2, -0.15) is 0 Å². The van der Waals surface area contributed by atoms with Gasteiger partial charge in [-0.05, 0) is 30.3 Å². The van der Waals surface area contributed by atoms with E-state index in [1.54, 1.807) is 13.3 Å². The number of nitrogens with two attached hydrogens (primary N) is 1. The number of para-hydroxylation sites is 2. The van der Waals surface area contributed by atoms with Gasteiger partial charge in [0.1, 0.15) is 6.61 Å². The summed E-state index contributed by atoms with van der Waals surface area (Å²) in [5.74, 6) is 1.42. The number of benzene rings is 2. The molecule has 4 nitrogen and oxygen atoms in total. The van der Waals surface area contributed by atoms with E-state index in [9.17, 15) is 0 Å². The molecule has 3 aromatic rings. The van der Waals surface area contributed by atoms with Gasteiger partial charge in [0, 0.05) is 22.8 Å². The fourth-order valence-electron chi connectivity index (χ4n) is 2.26. The topological polar surface area (TPSA) is 57.4 Å². The molecule has 1 aromatic heterocycles. The van der Waals surface area contributed by atoms with E-state index in [2.05, 4.69) is 4.98 Å². The predicted molar refractivity (Wildman–Crippen MR) is 83.5 cm³/mol. The maximum atomic E-state index is 5.98. The summed E-state index contributed by atoms with van der Waals surface area (Å²) in [6.45, 7) is 0.411. The summed E-state index contributed by atoms with van der Waals surface area (Å²) >= 11 is 0. The Hall–Kier alpha value is -2.75. The minimum atomic E-state index is 0.411. The average Bonchev–Trinajstić information content (AvgIpc) is 2.55. The first kappa shape index (κ1) is 13.2. The molecule has 0 atom stereocenters. The van der Waals surface area contributed by atoms with E-state index in [0.29, 0.717) is 18.1 Å². The van der Waals surface area contributed by atoms with Gasteiger partial charge in [0.15, 0.2) is 11.5 Å². The molecule has 0 unspecified atom stereocenters. The van der Waals surface area contributed by atoms with Crippen molar-refractivity contribution in [3.05, 3.63) is 60.3 Å². The summed E-state index contributed by atoms with van der Waals surface area (Å²) in [6.07, 6.45) is 1.76. The summed E-state index contributed by atoms with van der Waals surface area (Å²) < 4.78 is 11.1. The van der Waals surface area contributed by atoms with Gasteiger partial charge in [-0.1, -0.05) is 18.2 Å². The number of anilines is 1. The number of fused-ring (bicyclic) bond motifs is 1. The van der Waals surface area contributed by atoms with E-state index >= 15 is 0 Å². The van der Waals surface area contributed by atoms with Crippen molar-refractivity contribution in [2.75, 3.05) is 12.8 Å². The van der Waals surface area contributed by atoms with Crippen LogP contribution in [0.4, 0.5) is 5.69 Å². The van der Waals surface area contributed by atoms with Crippen molar-refractivity contribution in [2.45, 2.75) is 6.61 Å². The van der Waals surface area contributed by atoms with Crippen LogP contribution in [0.5, 0.6) is 11.5 Å². The first-order valence-electron chi connectivity index (χ1n) is 6.67. The highest BCUT2D eigenvalue weighted by Crippen LogP contribution is 2.28. The number of methoxy groups -OCH3 is 1. The molecule has 2 aromatic carbocycles. The smallest absolute Gasteiger partial charge is 0.161 e. The summed E-state index contributed by atoms with van der Waals surface area (Å²) in [5, 5.41) is 0.943. The lowest BCUT2D eigenvalue weighted by Crippen LogP contribution is -2.00. The Bertz CT molecular complexity index is 772. The number of nitrogen functional groups attached to an aromatic ring is 1. The third-order valence-corrected chi connectivity index (χ3v) is 3.34. The maximum Gasteiger partial charge on any atom is 0.161 e. The van der Waals surface area contributed by atoms with Crippen LogP contribution in [0.1, 0.15) is 5.56 Å². The zero-order valence-corrected chi connectivity index (χ0v) is 11.7. The number of pyridine rings is 1. The molecular formula is C17H16N2O2. The highest BCUT2D eigenvalue weighted by atomic mass is 16.5. The molecule has 106 valence electrons. The fraction of sp³-hybridized carbons (Fsp3) is 0.118. The van der Waals surface area contributed by atoms with Crippen LogP contribution in [-0.4, -0.2) is 12.1 Å². The van der Waals surface area contributed by atoms with Gasteiger partial charge < -0.3 is 15.2 Å². The zero-order valence-electron chi connectivity index (χ0n) is 11.7. The van der Waals surface area contributed by atoms with E-state index in [1.165, 1.54) is 0 Å². The molecular weight excluding hydrogens is 264 g/mol. The van der Waals surface area contributed by atoms with E-state index < -0.39 is 0 Å². The predicted octanol–water partition coefficient (Wildman–Crippen LogP) is 3.40. The molecule has 21 heavy (non-hydrogen) atoms. The molecule has 0 saturated carbocycles. The second kappa shape index (κ2) is 5.71. The third-order valence-electron chi connectivity index (χ3n) is 3.34. The third kappa shape index (κ3) is 2.60. The number of aromatic nitrogens is 1. The van der Waals surface area contributed by atoms with Crippen LogP contribution in [0.2, 0.25) is 0 Å². The Kier molecular flexibility index (Phi) is 3.60. The first-order chi connectivity index (χ1) is 10.3. The Morgan fingerprint density at radius 1 is 1.00 bits per heavy atom. The quantitative estimate of drug-likeness (QED) is 0.744. The fourth-order valence-corrected chi connectivity index (χ4v) is 2.26. The van der Waals surface area contributed by atoms with E-state index in [0.717, 1.165) is 22.2 Å². The molecule has 0 saturated heterocycles. The van der Waals surface area contributed by atoms with Crippen molar-refractivity contribution in [1.29, 1.82) is 0 Å². The van der Waals surface area contributed by atoms with Gasteiger partial charge >= 0.3 is 0 Å². The number of nitrogens with zero attached hydrogens (tertiary/aromatic N) is 1. The molecule has 0 fully saturated rings. The molecule has 0 amide bonds. The van der Waals surface area contributed by atoms with Crippen molar-refractivity contribution in [2.24, 2.45) is 0 Å². The van der Waals surface area contributed by atoms with Crippen molar-refractivity contribution in [3.8, 4) is 11.5 Å². The lowest BCUT2D eigenvalue weighted by Gasteiger charge is -2.12. The summed E-state index contributed by atoms with van der Waals surface area (Å²) in [5.41, 5.74) is 8.56. The summed E-state index contributed by atoms with van der Waals surface area (Å²) in [7, 11) is 1.63. The minimum absolute atomic E-state index is 0.411. The molecule has 3 rings (SSSR count). The van der Waals surface area contributed by atoms with E-state index in [-0.39, 0.29) is 0 Å². The SMILES string of the molecule is COc1ccccc1OCc1ccc(N)c2cccnc12. The molecule has 0 aliphatic heterocycles. The van der Waals surface area contributed by atoms with Crippen LogP contribution < -0.4 is 15.2 Å². The van der Waals surface area contributed by atoms with Crippen LogP contribution in [0, 0.1) is 0 Å². The maximum absolute atomic E-state index is 5.98. The molecule has 0 aliphatic carbocycles. The number of ether oxygens (including phenoxy) is 2. The summed E-state index contributed by atoms with van der Waals surface area (Å²) in [6, 6.07) is 15.2. The zero-order chi connectivity index (χ0) is 14.7. The van der Waals surface area contributed by atoms with Gasteiger partial charge in [-0.25, -0.2) is 0 Å². The van der Waals surface area contributed by atoms with Crippen molar-refractivity contribution in [3.63, 3.8) is 0 Å². The van der Waals surface area contributed by atoms with Crippen molar-refractivity contribution in [1.82, 2.24) is 4.98 Å². The molecule has 4 heteroatoms. The Balaban J connectivity index is 1.91. The van der Waals surface area contributed by atoms with Crippen molar-refractivity contribution < 1.29 is 9.47 Å². The Labute approximate surface area is 123 Å². The standard InChI is InChI=1S/C17H16N2O2/c1-20-15-6-2-3-7-16(15)21-11-12-8-9-14(18)13-5-4-10-19-17(12)13/h2-10H,11,18H2,1H3. The minimum Gasteiger partial charge on any atom is -0.493 e. The van der Waals surface area contributed by atoms with Gasteiger partial charge in [0.25, 0.3) is 0 Å².